The number of carbonyl (C=O) groups is 4. The molecule has 0 aromatic heterocycles. The molecule has 0 aromatic carbocycles. The molecule has 0 saturated heterocycles. The summed E-state index contributed by atoms with van der Waals surface area (Å²) < 4.78 is 68.9. The number of rotatable bonds is 88. The Morgan fingerprint density at radius 2 is 0.444 bits per heavy atom. The normalized spacial score (nSPS) is 14.3. The summed E-state index contributed by atoms with van der Waals surface area (Å²) in [7, 11) is -9.93. The van der Waals surface area contributed by atoms with Crippen molar-refractivity contribution < 1.29 is 80.2 Å². The molecule has 0 saturated carbocycles. The molecule has 0 aliphatic carbocycles. The molecule has 4 unspecified atom stereocenters. The summed E-state index contributed by atoms with van der Waals surface area (Å²) in [4.78, 5) is 73.3. The summed E-state index contributed by atoms with van der Waals surface area (Å²) in [5.41, 5.74) is 0. The van der Waals surface area contributed by atoms with Gasteiger partial charge in [0.15, 0.2) is 12.2 Å². The lowest BCUT2D eigenvalue weighted by Gasteiger charge is -2.21. The van der Waals surface area contributed by atoms with Crippen molar-refractivity contribution in [2.24, 2.45) is 11.8 Å². The highest BCUT2D eigenvalue weighted by Gasteiger charge is 2.31. The summed E-state index contributed by atoms with van der Waals surface area (Å²) in [6, 6.07) is 0. The lowest BCUT2D eigenvalue weighted by atomic mass is 9.99. The number of phosphoric acid groups is 2. The average molecular weight is 1580 g/mol. The minimum absolute atomic E-state index is 0.108. The Morgan fingerprint density at radius 1 is 0.259 bits per heavy atom. The smallest absolute Gasteiger partial charge is 0.462 e. The molecule has 0 radical (unpaired) electrons. The number of hydrogen-bond acceptors (Lipinski definition) is 15. The zero-order valence-electron chi connectivity index (χ0n) is 71.2. The second-order valence-electron chi connectivity index (χ2n) is 32.5. The van der Waals surface area contributed by atoms with Crippen LogP contribution in [-0.4, -0.2) is 96.7 Å². The molecule has 0 spiro atoms. The average Bonchev–Trinajstić information content (AvgIpc) is 0.897. The van der Waals surface area contributed by atoms with Gasteiger partial charge in [-0.1, -0.05) is 427 Å². The highest BCUT2D eigenvalue weighted by Crippen LogP contribution is 2.45. The molecule has 0 bridgehead atoms. The molecule has 0 aliphatic rings. The molecule has 0 aliphatic heterocycles. The molecule has 642 valence electrons. The second kappa shape index (κ2) is 80.3. The Labute approximate surface area is 664 Å². The van der Waals surface area contributed by atoms with Crippen LogP contribution in [0.2, 0.25) is 0 Å². The summed E-state index contributed by atoms with van der Waals surface area (Å²) in [6.45, 7) is 9.82. The number of hydrogen-bond donors (Lipinski definition) is 3. The molecule has 108 heavy (non-hydrogen) atoms. The van der Waals surface area contributed by atoms with Crippen molar-refractivity contribution in [1.82, 2.24) is 0 Å². The number of ether oxygens (including phenoxy) is 4. The van der Waals surface area contributed by atoms with E-state index >= 15 is 0 Å². The minimum Gasteiger partial charge on any atom is -0.462 e. The molecule has 19 heteroatoms. The third-order valence-electron chi connectivity index (χ3n) is 21.7. The molecule has 0 heterocycles. The number of phosphoric ester groups is 2. The maximum Gasteiger partial charge on any atom is 0.472 e. The van der Waals surface area contributed by atoms with Crippen LogP contribution in [0, 0.1) is 11.8 Å². The molecular weight excluding hydrogens is 1400 g/mol. The SMILES string of the molecule is CCCCCCCCCCCCCCCC(=O)O[C@H](COC(=O)CCCCCCCCCCCCC)COP(=O)(O)OC[C@H](O)COP(=O)(O)OC[C@@H](COC(=O)CCCCCCCCCCCCCCCCCCCCC(C)CC)OC(=O)CCCCCCCCCCCCCCCCCCCCC(C)CC. The van der Waals surface area contributed by atoms with Crippen molar-refractivity contribution in [2.75, 3.05) is 39.6 Å². The maximum atomic E-state index is 13.2. The Bertz CT molecular complexity index is 2070. The third-order valence-corrected chi connectivity index (χ3v) is 23.6. The van der Waals surface area contributed by atoms with Gasteiger partial charge in [-0.2, -0.15) is 0 Å². The fourth-order valence-corrected chi connectivity index (χ4v) is 15.5. The van der Waals surface area contributed by atoms with Gasteiger partial charge in [0, 0.05) is 25.7 Å². The van der Waals surface area contributed by atoms with Gasteiger partial charge in [0.25, 0.3) is 0 Å². The first-order valence-electron chi connectivity index (χ1n) is 46.1. The van der Waals surface area contributed by atoms with E-state index in [-0.39, 0.29) is 25.7 Å². The van der Waals surface area contributed by atoms with Crippen LogP contribution in [0.1, 0.15) is 478 Å². The largest absolute Gasteiger partial charge is 0.472 e. The molecular formula is C89H174O17P2. The molecule has 0 amide bonds. The van der Waals surface area contributed by atoms with E-state index in [2.05, 4.69) is 41.5 Å². The van der Waals surface area contributed by atoms with Gasteiger partial charge in [0.2, 0.25) is 0 Å². The first kappa shape index (κ1) is 106. The van der Waals surface area contributed by atoms with Crippen molar-refractivity contribution in [3.8, 4) is 0 Å². The molecule has 0 fully saturated rings. The van der Waals surface area contributed by atoms with Crippen LogP contribution in [0.25, 0.3) is 0 Å². The van der Waals surface area contributed by atoms with E-state index < -0.39 is 97.5 Å². The monoisotopic (exact) mass is 1580 g/mol. The van der Waals surface area contributed by atoms with Crippen LogP contribution in [0.15, 0.2) is 0 Å². The Kier molecular flexibility index (Phi) is 78.8. The zero-order chi connectivity index (χ0) is 79.2. The van der Waals surface area contributed by atoms with Crippen molar-refractivity contribution in [3.05, 3.63) is 0 Å². The lowest BCUT2D eigenvalue weighted by Crippen LogP contribution is -2.30. The molecule has 17 nitrogen and oxygen atoms in total. The van der Waals surface area contributed by atoms with Crippen LogP contribution < -0.4 is 0 Å². The van der Waals surface area contributed by atoms with Crippen LogP contribution >= 0.6 is 15.6 Å². The van der Waals surface area contributed by atoms with E-state index in [0.717, 1.165) is 102 Å². The van der Waals surface area contributed by atoms with E-state index in [1.165, 1.54) is 295 Å². The van der Waals surface area contributed by atoms with Crippen molar-refractivity contribution in [2.45, 2.75) is 496 Å². The third kappa shape index (κ3) is 79.3. The summed E-state index contributed by atoms with van der Waals surface area (Å²) in [5.74, 6) is -0.353. The highest BCUT2D eigenvalue weighted by molar-refractivity contribution is 7.47. The van der Waals surface area contributed by atoms with Gasteiger partial charge in [-0.05, 0) is 37.5 Å². The first-order valence-corrected chi connectivity index (χ1v) is 49.1. The summed E-state index contributed by atoms with van der Waals surface area (Å²) in [6.07, 6.45) is 73.5. The second-order valence-corrected chi connectivity index (χ2v) is 35.4. The number of aliphatic hydroxyl groups is 1. The number of carbonyl (C=O) groups excluding carboxylic acids is 4. The van der Waals surface area contributed by atoms with E-state index in [4.69, 9.17) is 37.0 Å². The van der Waals surface area contributed by atoms with Gasteiger partial charge in [-0.3, -0.25) is 37.3 Å². The molecule has 0 rings (SSSR count). The van der Waals surface area contributed by atoms with Crippen LogP contribution in [0.4, 0.5) is 0 Å². The van der Waals surface area contributed by atoms with Crippen molar-refractivity contribution >= 4 is 39.5 Å². The number of esters is 4. The standard InChI is InChI=1S/C89H174O17P2/c1-7-11-13-15-17-19-21-34-43-49-55-61-67-73-88(93)105-84(77-99-86(91)71-65-59-53-47-39-20-18-16-14-12-8-2)79-103-107(95,96)101-75-83(90)76-102-108(97,98)104-80-85(106-89(94)74-68-62-56-50-44-38-33-29-25-23-27-31-36-41-46-52-58-64-70-82(6)10-4)78-100-87(92)72-66-60-54-48-42-37-32-28-24-22-26-30-35-40-45-51-57-63-69-81(5)9-3/h81-85,90H,7-80H2,1-6H3,(H,95,96)(H,97,98)/t81?,82?,83-,84+,85+/m0/s1. The Morgan fingerprint density at radius 3 is 0.657 bits per heavy atom. The topological polar surface area (TPSA) is 237 Å². The predicted octanol–water partition coefficient (Wildman–Crippen LogP) is 27.4. The molecule has 3 N–H and O–H groups in total. The van der Waals surface area contributed by atoms with Gasteiger partial charge in [0.1, 0.15) is 19.3 Å². The van der Waals surface area contributed by atoms with E-state index in [1.807, 2.05) is 0 Å². The minimum atomic E-state index is -4.97. The van der Waals surface area contributed by atoms with Gasteiger partial charge in [-0.25, -0.2) is 9.13 Å². The number of unbranched alkanes of at least 4 members (excludes halogenated alkanes) is 56. The van der Waals surface area contributed by atoms with E-state index in [1.54, 1.807) is 0 Å². The lowest BCUT2D eigenvalue weighted by molar-refractivity contribution is -0.161. The number of aliphatic hydroxyl groups excluding tert-OH is 1. The quantitative estimate of drug-likeness (QED) is 0.0222. The van der Waals surface area contributed by atoms with E-state index in [0.29, 0.717) is 25.7 Å². The van der Waals surface area contributed by atoms with Gasteiger partial charge in [0.05, 0.1) is 26.4 Å². The van der Waals surface area contributed by atoms with Crippen LogP contribution in [0.3, 0.4) is 0 Å². The van der Waals surface area contributed by atoms with Gasteiger partial charge < -0.3 is 33.8 Å². The summed E-state index contributed by atoms with van der Waals surface area (Å²) >= 11 is 0. The van der Waals surface area contributed by atoms with Gasteiger partial charge in [-0.15, -0.1) is 0 Å². The van der Waals surface area contributed by atoms with E-state index in [9.17, 15) is 43.2 Å². The maximum absolute atomic E-state index is 13.2. The molecule has 0 aromatic rings. The van der Waals surface area contributed by atoms with Gasteiger partial charge >= 0.3 is 39.5 Å². The first-order chi connectivity index (χ1) is 52.4. The Hall–Kier alpha value is -1.94. The Balaban J connectivity index is 5.21. The molecule has 7 atom stereocenters. The predicted molar refractivity (Wildman–Crippen MR) is 446 cm³/mol. The van der Waals surface area contributed by atoms with Crippen LogP contribution in [-0.2, 0) is 65.4 Å². The van der Waals surface area contributed by atoms with Crippen LogP contribution in [0.5, 0.6) is 0 Å². The highest BCUT2D eigenvalue weighted by atomic mass is 31.2. The zero-order valence-corrected chi connectivity index (χ0v) is 73.0. The fourth-order valence-electron chi connectivity index (χ4n) is 13.9. The van der Waals surface area contributed by atoms with Crippen molar-refractivity contribution in [3.63, 3.8) is 0 Å². The fraction of sp³-hybridized carbons (Fsp3) is 0.955. The summed E-state index contributed by atoms with van der Waals surface area (Å²) in [5, 5.41) is 10.7. The van der Waals surface area contributed by atoms with Crippen molar-refractivity contribution in [1.29, 1.82) is 0 Å².